The van der Waals surface area contributed by atoms with Crippen molar-refractivity contribution in [3.63, 3.8) is 0 Å². The molecule has 3 heterocycles. The van der Waals surface area contributed by atoms with Crippen LogP contribution in [0.25, 0.3) is 0 Å². The fourth-order valence-corrected chi connectivity index (χ4v) is 5.68. The summed E-state index contributed by atoms with van der Waals surface area (Å²) in [6, 6.07) is 13.8. The fraction of sp³-hybridized carbons (Fsp3) is 0.483. The van der Waals surface area contributed by atoms with Crippen molar-refractivity contribution in [3.8, 4) is 0 Å². The molecule has 8 nitrogen and oxygen atoms in total. The minimum atomic E-state index is -0.300. The van der Waals surface area contributed by atoms with Gasteiger partial charge in [0.05, 0.1) is 5.92 Å². The van der Waals surface area contributed by atoms with Crippen molar-refractivity contribution >= 4 is 29.1 Å². The summed E-state index contributed by atoms with van der Waals surface area (Å²) in [5.41, 5.74) is 5.09. The van der Waals surface area contributed by atoms with E-state index < -0.39 is 0 Å². The van der Waals surface area contributed by atoms with Crippen LogP contribution in [0.2, 0.25) is 0 Å². The average molecular weight is 504 g/mol. The van der Waals surface area contributed by atoms with Crippen LogP contribution < -0.4 is 9.80 Å². The van der Waals surface area contributed by atoms with Gasteiger partial charge in [-0.3, -0.25) is 14.4 Å². The molecule has 1 atom stereocenters. The molecule has 3 amide bonds. The third-order valence-electron chi connectivity index (χ3n) is 7.85. The number of carbonyl (C=O) groups is 3. The number of hydrogen-bond acceptors (Lipinski definition) is 5. The quantitative estimate of drug-likeness (QED) is 0.641. The molecule has 0 aromatic heterocycles. The lowest BCUT2D eigenvalue weighted by molar-refractivity contribution is -0.137. The normalized spacial score (nSPS) is 21.1. The van der Waals surface area contributed by atoms with Crippen molar-refractivity contribution in [1.29, 1.82) is 0 Å². The van der Waals surface area contributed by atoms with Crippen molar-refractivity contribution in [2.75, 3.05) is 75.8 Å². The lowest BCUT2D eigenvalue weighted by atomic mass is 10.1. The molecule has 3 aliphatic rings. The molecule has 2 aromatic carbocycles. The smallest absolute Gasteiger partial charge is 0.253 e. The van der Waals surface area contributed by atoms with Gasteiger partial charge in [-0.05, 0) is 68.4 Å². The number of amides is 3. The van der Waals surface area contributed by atoms with E-state index in [1.54, 1.807) is 17.0 Å². The first-order valence-corrected chi connectivity index (χ1v) is 13.3. The highest BCUT2D eigenvalue weighted by molar-refractivity contribution is 6.01. The molecule has 3 fully saturated rings. The fourth-order valence-electron chi connectivity index (χ4n) is 5.68. The molecule has 196 valence electrons. The summed E-state index contributed by atoms with van der Waals surface area (Å²) in [6.45, 7) is 10.8. The van der Waals surface area contributed by atoms with E-state index in [0.29, 0.717) is 25.2 Å². The number of rotatable bonds is 4. The molecule has 0 aliphatic carbocycles. The second kappa shape index (κ2) is 10.5. The molecule has 0 saturated carbocycles. The van der Waals surface area contributed by atoms with Crippen molar-refractivity contribution in [3.05, 3.63) is 59.2 Å². The number of likely N-dealkylation sites (N-methyl/N-ethyl adjacent to an activating group) is 1. The topological polar surface area (TPSA) is 67.4 Å². The zero-order chi connectivity index (χ0) is 26.1. The van der Waals surface area contributed by atoms with Crippen LogP contribution in [0.4, 0.5) is 11.4 Å². The Morgan fingerprint density at radius 3 is 1.97 bits per heavy atom. The molecular weight excluding hydrogens is 466 g/mol. The van der Waals surface area contributed by atoms with Crippen molar-refractivity contribution in [1.82, 2.24) is 14.7 Å². The highest BCUT2D eigenvalue weighted by atomic mass is 16.2. The van der Waals surface area contributed by atoms with E-state index in [0.717, 1.165) is 45.0 Å². The summed E-state index contributed by atoms with van der Waals surface area (Å²) in [4.78, 5) is 48.9. The second-order valence-electron chi connectivity index (χ2n) is 10.7. The van der Waals surface area contributed by atoms with Gasteiger partial charge in [0.25, 0.3) is 5.91 Å². The number of carbonyl (C=O) groups excluding carboxylic acids is 3. The third kappa shape index (κ3) is 5.49. The van der Waals surface area contributed by atoms with Crippen LogP contribution in [0.15, 0.2) is 42.5 Å². The summed E-state index contributed by atoms with van der Waals surface area (Å²) in [6.07, 6.45) is 0.247. The zero-order valence-corrected chi connectivity index (χ0v) is 22.2. The van der Waals surface area contributed by atoms with Crippen molar-refractivity contribution in [2.45, 2.75) is 20.3 Å². The van der Waals surface area contributed by atoms with Crippen LogP contribution in [-0.2, 0) is 9.59 Å². The zero-order valence-electron chi connectivity index (χ0n) is 22.2. The number of nitrogens with zero attached hydrogens (tertiary/aromatic N) is 5. The predicted molar refractivity (Wildman–Crippen MR) is 145 cm³/mol. The summed E-state index contributed by atoms with van der Waals surface area (Å²) >= 11 is 0. The number of piperazine rings is 2. The largest absolute Gasteiger partial charge is 0.368 e. The lowest BCUT2D eigenvalue weighted by Gasteiger charge is -2.36. The predicted octanol–water partition coefficient (Wildman–Crippen LogP) is 2.39. The Bertz CT molecular complexity index is 1140. The maximum atomic E-state index is 13.2. The van der Waals surface area contributed by atoms with Gasteiger partial charge in [0.1, 0.15) is 0 Å². The minimum Gasteiger partial charge on any atom is -0.368 e. The maximum absolute atomic E-state index is 13.2. The summed E-state index contributed by atoms with van der Waals surface area (Å²) in [7, 11) is 2.06. The first kappa shape index (κ1) is 25.3. The van der Waals surface area contributed by atoms with Crippen molar-refractivity contribution < 1.29 is 14.4 Å². The van der Waals surface area contributed by atoms with Crippen LogP contribution in [0, 0.1) is 19.8 Å². The first-order valence-electron chi connectivity index (χ1n) is 13.3. The molecule has 5 rings (SSSR count). The standard InChI is InChI=1S/C29H37N5O3/c1-21-16-22(2)18-26(17-21)31-12-14-33(15-13-31)28(36)23-4-6-25(7-5-23)34-20-24(19-27(34)35)29(37)32-10-8-30(3)9-11-32/h4-7,16-18,24H,8-15,19-20H2,1-3H3. The van der Waals surface area contributed by atoms with Crippen LogP contribution in [0.5, 0.6) is 0 Å². The average Bonchev–Trinajstić information content (AvgIpc) is 3.29. The molecule has 3 aliphatic heterocycles. The minimum absolute atomic E-state index is 0.0162. The summed E-state index contributed by atoms with van der Waals surface area (Å²) in [5.74, 6) is -0.238. The lowest BCUT2D eigenvalue weighted by Crippen LogP contribution is -2.49. The van der Waals surface area contributed by atoms with Gasteiger partial charge in [-0.1, -0.05) is 6.07 Å². The first-order chi connectivity index (χ1) is 17.8. The van der Waals surface area contributed by atoms with Gasteiger partial charge in [0.2, 0.25) is 11.8 Å². The third-order valence-corrected chi connectivity index (χ3v) is 7.85. The molecule has 3 saturated heterocycles. The van der Waals surface area contributed by atoms with Gasteiger partial charge < -0.3 is 24.5 Å². The van der Waals surface area contributed by atoms with E-state index >= 15 is 0 Å². The Hall–Kier alpha value is -3.39. The Labute approximate surface area is 219 Å². The summed E-state index contributed by atoms with van der Waals surface area (Å²) < 4.78 is 0. The Kier molecular flexibility index (Phi) is 7.20. The molecule has 0 spiro atoms. The molecular formula is C29H37N5O3. The Balaban J connectivity index is 1.17. The van der Waals surface area contributed by atoms with E-state index in [4.69, 9.17) is 0 Å². The Morgan fingerprint density at radius 1 is 0.757 bits per heavy atom. The molecule has 0 N–H and O–H groups in total. The summed E-state index contributed by atoms with van der Waals surface area (Å²) in [5, 5.41) is 0. The molecule has 0 bridgehead atoms. The molecule has 37 heavy (non-hydrogen) atoms. The molecule has 0 radical (unpaired) electrons. The van der Waals surface area contributed by atoms with E-state index in [2.05, 4.69) is 48.9 Å². The van der Waals surface area contributed by atoms with Crippen LogP contribution >= 0.6 is 0 Å². The van der Waals surface area contributed by atoms with E-state index in [1.807, 2.05) is 21.9 Å². The van der Waals surface area contributed by atoms with Gasteiger partial charge in [-0.15, -0.1) is 0 Å². The SMILES string of the molecule is Cc1cc(C)cc(N2CCN(C(=O)c3ccc(N4CC(C(=O)N5CCN(C)CC5)CC4=O)cc3)CC2)c1. The number of hydrogen-bond donors (Lipinski definition) is 0. The van der Waals surface area contributed by atoms with Crippen molar-refractivity contribution in [2.24, 2.45) is 5.92 Å². The highest BCUT2D eigenvalue weighted by Gasteiger charge is 2.37. The van der Waals surface area contributed by atoms with Gasteiger partial charge >= 0.3 is 0 Å². The molecule has 2 aromatic rings. The Morgan fingerprint density at radius 2 is 1.35 bits per heavy atom. The van der Waals surface area contributed by atoms with Crippen LogP contribution in [-0.4, -0.2) is 98.4 Å². The molecule has 1 unspecified atom stereocenters. The highest BCUT2D eigenvalue weighted by Crippen LogP contribution is 2.27. The van der Waals surface area contributed by atoms with E-state index in [9.17, 15) is 14.4 Å². The van der Waals surface area contributed by atoms with Gasteiger partial charge in [-0.25, -0.2) is 0 Å². The van der Waals surface area contributed by atoms with E-state index in [-0.39, 0.29) is 30.1 Å². The second-order valence-corrected chi connectivity index (χ2v) is 10.7. The van der Waals surface area contributed by atoms with E-state index in [1.165, 1.54) is 16.8 Å². The number of aryl methyl sites for hydroxylation is 2. The maximum Gasteiger partial charge on any atom is 0.253 e. The van der Waals surface area contributed by atoms with Crippen LogP contribution in [0.1, 0.15) is 27.9 Å². The number of anilines is 2. The van der Waals surface area contributed by atoms with Gasteiger partial charge in [0, 0.05) is 82.3 Å². The van der Waals surface area contributed by atoms with Crippen LogP contribution in [0.3, 0.4) is 0 Å². The molecule has 8 heteroatoms. The monoisotopic (exact) mass is 503 g/mol. The van der Waals surface area contributed by atoms with Gasteiger partial charge in [-0.2, -0.15) is 0 Å². The van der Waals surface area contributed by atoms with Gasteiger partial charge in [0.15, 0.2) is 0 Å². The number of benzene rings is 2.